The molecule has 0 aliphatic carbocycles. The fourth-order valence-corrected chi connectivity index (χ4v) is 1.55. The Morgan fingerprint density at radius 2 is 2.14 bits per heavy atom. The van der Waals surface area contributed by atoms with E-state index in [1.54, 1.807) is 24.3 Å². The van der Waals surface area contributed by atoms with Crippen molar-refractivity contribution in [1.82, 2.24) is 9.97 Å². The summed E-state index contributed by atoms with van der Waals surface area (Å²) < 4.78 is 0. The number of carboxylic acid groups (broad SMARTS) is 1. The number of hydrogen-bond acceptors (Lipinski definition) is 4. The molecule has 7 nitrogen and oxygen atoms in total. The molecule has 0 saturated carbocycles. The van der Waals surface area contributed by atoms with Crippen molar-refractivity contribution < 1.29 is 14.7 Å². The van der Waals surface area contributed by atoms with Gasteiger partial charge in [0.2, 0.25) is 0 Å². The molecule has 1 amide bonds. The fourth-order valence-electron chi connectivity index (χ4n) is 1.55. The Balaban J connectivity index is 2.14. The molecule has 0 atom stereocenters. The Morgan fingerprint density at radius 3 is 2.81 bits per heavy atom. The van der Waals surface area contributed by atoms with E-state index in [2.05, 4.69) is 15.3 Å². The van der Waals surface area contributed by atoms with Crippen molar-refractivity contribution in [2.75, 3.05) is 5.32 Å². The van der Waals surface area contributed by atoms with Crippen LogP contribution in [0.25, 0.3) is 6.08 Å². The topological polar surface area (TPSA) is 112 Å². The highest BCUT2D eigenvalue weighted by Crippen LogP contribution is 2.12. The number of carboxylic acids is 1. The van der Waals surface area contributed by atoms with Gasteiger partial charge in [-0.3, -0.25) is 9.59 Å². The predicted molar refractivity (Wildman–Crippen MR) is 75.9 cm³/mol. The first-order chi connectivity index (χ1) is 10.0. The van der Waals surface area contributed by atoms with Crippen LogP contribution in [0.3, 0.4) is 0 Å². The number of nitrogens with zero attached hydrogens (tertiary/aromatic N) is 1. The van der Waals surface area contributed by atoms with Gasteiger partial charge in [-0.2, -0.15) is 0 Å². The quantitative estimate of drug-likeness (QED) is 0.729. The van der Waals surface area contributed by atoms with Crippen LogP contribution in [-0.4, -0.2) is 27.0 Å². The van der Waals surface area contributed by atoms with Gasteiger partial charge in [0.1, 0.15) is 5.69 Å². The summed E-state index contributed by atoms with van der Waals surface area (Å²) in [4.78, 5) is 39.3. The van der Waals surface area contributed by atoms with Crippen molar-refractivity contribution in [1.29, 1.82) is 0 Å². The molecule has 0 unspecified atom stereocenters. The molecule has 2 aromatic rings. The first-order valence-corrected chi connectivity index (χ1v) is 5.92. The van der Waals surface area contributed by atoms with Gasteiger partial charge in [-0.05, 0) is 23.8 Å². The van der Waals surface area contributed by atoms with Crippen molar-refractivity contribution in [3.63, 3.8) is 0 Å². The van der Waals surface area contributed by atoms with Crippen molar-refractivity contribution in [3.05, 3.63) is 64.3 Å². The van der Waals surface area contributed by atoms with Crippen LogP contribution in [0.5, 0.6) is 0 Å². The van der Waals surface area contributed by atoms with Gasteiger partial charge in [0.05, 0.1) is 6.20 Å². The number of nitrogens with one attached hydrogen (secondary N) is 2. The molecular weight excluding hydrogens is 274 g/mol. The number of carbonyl (C=O) groups excluding carboxylic acids is 1. The van der Waals surface area contributed by atoms with Crippen LogP contribution in [0.2, 0.25) is 0 Å². The van der Waals surface area contributed by atoms with Crippen LogP contribution < -0.4 is 10.9 Å². The highest BCUT2D eigenvalue weighted by molar-refractivity contribution is 6.02. The van der Waals surface area contributed by atoms with Crippen LogP contribution in [0, 0.1) is 0 Å². The summed E-state index contributed by atoms with van der Waals surface area (Å²) in [7, 11) is 0. The van der Waals surface area contributed by atoms with Gasteiger partial charge in [-0.25, -0.2) is 9.78 Å². The third-order valence-corrected chi connectivity index (χ3v) is 2.47. The second-order valence-electron chi connectivity index (χ2n) is 4.05. The van der Waals surface area contributed by atoms with Gasteiger partial charge in [0.15, 0.2) is 0 Å². The summed E-state index contributed by atoms with van der Waals surface area (Å²) in [6.45, 7) is 0. The highest BCUT2D eigenvalue weighted by atomic mass is 16.4. The number of H-pyrrole nitrogens is 1. The Labute approximate surface area is 119 Å². The highest BCUT2D eigenvalue weighted by Gasteiger charge is 2.07. The molecule has 0 radical (unpaired) electrons. The van der Waals surface area contributed by atoms with Crippen LogP contribution in [0.4, 0.5) is 5.69 Å². The van der Waals surface area contributed by atoms with Crippen LogP contribution >= 0.6 is 0 Å². The summed E-state index contributed by atoms with van der Waals surface area (Å²) in [5.74, 6) is -1.53. The summed E-state index contributed by atoms with van der Waals surface area (Å²) in [5, 5.41) is 11.2. The van der Waals surface area contributed by atoms with Gasteiger partial charge in [-0.1, -0.05) is 12.1 Å². The third-order valence-electron chi connectivity index (χ3n) is 2.47. The molecule has 0 aliphatic heterocycles. The van der Waals surface area contributed by atoms with Gasteiger partial charge in [0, 0.05) is 18.0 Å². The van der Waals surface area contributed by atoms with Crippen LogP contribution in [0.1, 0.15) is 16.1 Å². The number of anilines is 1. The number of carbonyl (C=O) groups is 2. The van der Waals surface area contributed by atoms with Crippen molar-refractivity contribution in [2.45, 2.75) is 0 Å². The zero-order valence-electron chi connectivity index (χ0n) is 10.7. The Morgan fingerprint density at radius 1 is 1.33 bits per heavy atom. The summed E-state index contributed by atoms with van der Waals surface area (Å²) in [5.41, 5.74) is 0.790. The van der Waals surface area contributed by atoms with Crippen molar-refractivity contribution in [3.8, 4) is 0 Å². The number of aromatic nitrogens is 2. The van der Waals surface area contributed by atoms with E-state index < -0.39 is 17.4 Å². The number of amides is 1. The van der Waals surface area contributed by atoms with E-state index in [0.717, 1.165) is 12.3 Å². The minimum absolute atomic E-state index is 0.0704. The molecule has 3 N–H and O–H groups in total. The third kappa shape index (κ3) is 4.13. The summed E-state index contributed by atoms with van der Waals surface area (Å²) >= 11 is 0. The van der Waals surface area contributed by atoms with Crippen LogP contribution in [0.15, 0.2) is 47.5 Å². The second kappa shape index (κ2) is 6.29. The molecule has 1 aromatic carbocycles. The van der Waals surface area contributed by atoms with E-state index in [1.807, 2.05) is 0 Å². The lowest BCUT2D eigenvalue weighted by Crippen LogP contribution is -2.16. The zero-order valence-corrected chi connectivity index (χ0v) is 10.7. The Kier molecular flexibility index (Phi) is 4.25. The molecule has 0 saturated heterocycles. The molecule has 1 aromatic heterocycles. The molecule has 0 fully saturated rings. The van der Waals surface area contributed by atoms with Gasteiger partial charge >= 0.3 is 5.97 Å². The molecule has 106 valence electrons. The van der Waals surface area contributed by atoms with Crippen molar-refractivity contribution >= 4 is 23.6 Å². The van der Waals surface area contributed by atoms with E-state index in [1.165, 1.54) is 12.3 Å². The molecule has 1 heterocycles. The monoisotopic (exact) mass is 285 g/mol. The number of hydrogen-bond donors (Lipinski definition) is 3. The van der Waals surface area contributed by atoms with E-state index in [4.69, 9.17) is 5.11 Å². The average molecular weight is 285 g/mol. The van der Waals surface area contributed by atoms with Gasteiger partial charge in [0.25, 0.3) is 11.5 Å². The number of aliphatic carboxylic acids is 1. The first-order valence-electron chi connectivity index (χ1n) is 5.92. The van der Waals surface area contributed by atoms with Crippen molar-refractivity contribution in [2.24, 2.45) is 0 Å². The minimum atomic E-state index is -1.05. The largest absolute Gasteiger partial charge is 0.478 e. The normalized spacial score (nSPS) is 10.5. The standard InChI is InChI=1S/C14H11N3O4/c18-12-8-15-11(7-16-12)14(21)17-10-3-1-2-9(6-10)4-5-13(19)20/h1-8H,(H,16,18)(H,17,21)(H,19,20)/b5-4+. The van der Waals surface area contributed by atoms with E-state index in [-0.39, 0.29) is 5.69 Å². The molecule has 7 heteroatoms. The maximum Gasteiger partial charge on any atom is 0.328 e. The molecule has 2 rings (SSSR count). The average Bonchev–Trinajstić information content (AvgIpc) is 2.46. The van der Waals surface area contributed by atoms with E-state index in [0.29, 0.717) is 11.3 Å². The van der Waals surface area contributed by atoms with Gasteiger partial charge < -0.3 is 15.4 Å². The number of rotatable bonds is 4. The van der Waals surface area contributed by atoms with Crippen LogP contribution in [-0.2, 0) is 4.79 Å². The number of aromatic amines is 1. The maximum atomic E-state index is 11.9. The predicted octanol–water partition coefficient (Wildman–Crippen LogP) is 1.12. The lowest BCUT2D eigenvalue weighted by molar-refractivity contribution is -0.131. The maximum absolute atomic E-state index is 11.9. The Hall–Kier alpha value is -3.22. The fraction of sp³-hybridized carbons (Fsp3) is 0. The molecular formula is C14H11N3O4. The molecule has 0 spiro atoms. The van der Waals surface area contributed by atoms with Gasteiger partial charge in [-0.15, -0.1) is 0 Å². The second-order valence-corrected chi connectivity index (χ2v) is 4.05. The molecule has 0 bridgehead atoms. The minimum Gasteiger partial charge on any atom is -0.478 e. The molecule has 0 aliphatic rings. The van der Waals surface area contributed by atoms with E-state index in [9.17, 15) is 14.4 Å². The Bertz CT molecular complexity index is 744. The lowest BCUT2D eigenvalue weighted by Gasteiger charge is -2.05. The number of benzene rings is 1. The van der Waals surface area contributed by atoms with E-state index >= 15 is 0 Å². The smallest absolute Gasteiger partial charge is 0.328 e. The summed E-state index contributed by atoms with van der Waals surface area (Å²) in [6.07, 6.45) is 4.65. The zero-order chi connectivity index (χ0) is 15.2. The molecule has 21 heavy (non-hydrogen) atoms. The summed E-state index contributed by atoms with van der Waals surface area (Å²) in [6, 6.07) is 6.65. The lowest BCUT2D eigenvalue weighted by atomic mass is 10.2. The first kappa shape index (κ1) is 14.2. The SMILES string of the molecule is O=C(O)/C=C/c1cccc(NC(=O)c2c[nH]c(=O)cn2)c1.